The van der Waals surface area contributed by atoms with Crippen LogP contribution in [0.25, 0.3) is 5.65 Å². The van der Waals surface area contributed by atoms with E-state index in [9.17, 15) is 8.42 Å². The molecule has 0 amide bonds. The fourth-order valence-corrected chi connectivity index (χ4v) is 4.28. The maximum absolute atomic E-state index is 12.6. The van der Waals surface area contributed by atoms with Crippen molar-refractivity contribution >= 4 is 21.5 Å². The fraction of sp³-hybridized carbons (Fsp3) is 0.353. The molecule has 3 heterocycles. The predicted molar refractivity (Wildman–Crippen MR) is 99.2 cm³/mol. The van der Waals surface area contributed by atoms with Gasteiger partial charge >= 0.3 is 0 Å². The summed E-state index contributed by atoms with van der Waals surface area (Å²) in [6.07, 6.45) is 2.29. The van der Waals surface area contributed by atoms with Crippen molar-refractivity contribution in [2.75, 3.05) is 25.1 Å². The lowest BCUT2D eigenvalue weighted by Gasteiger charge is -2.16. The summed E-state index contributed by atoms with van der Waals surface area (Å²) < 4.78 is 34.6. The van der Waals surface area contributed by atoms with E-state index in [-0.39, 0.29) is 17.2 Å². The summed E-state index contributed by atoms with van der Waals surface area (Å²) in [4.78, 5) is 2.27. The number of hydrogen-bond acceptors (Lipinski definition) is 7. The molecule has 2 aromatic heterocycles. The first-order valence-electron chi connectivity index (χ1n) is 8.67. The van der Waals surface area contributed by atoms with E-state index < -0.39 is 10.0 Å². The van der Waals surface area contributed by atoms with E-state index in [0.717, 1.165) is 31.7 Å². The van der Waals surface area contributed by atoms with Crippen molar-refractivity contribution in [1.82, 2.24) is 24.5 Å². The van der Waals surface area contributed by atoms with Crippen LogP contribution in [0.2, 0.25) is 0 Å². The number of benzene rings is 1. The molecule has 1 aliphatic heterocycles. The maximum atomic E-state index is 12.6. The normalized spacial score (nSPS) is 14.8. The van der Waals surface area contributed by atoms with E-state index in [1.54, 1.807) is 22.7 Å². The van der Waals surface area contributed by atoms with Crippen molar-refractivity contribution in [2.45, 2.75) is 24.3 Å². The third kappa shape index (κ3) is 3.45. The first kappa shape index (κ1) is 17.7. The largest absolute Gasteiger partial charge is 0.495 e. The number of nitrogens with one attached hydrogen (secondary N) is 1. The van der Waals surface area contributed by atoms with Crippen LogP contribution >= 0.6 is 0 Å². The van der Waals surface area contributed by atoms with E-state index in [1.165, 1.54) is 13.2 Å². The van der Waals surface area contributed by atoms with Crippen molar-refractivity contribution in [2.24, 2.45) is 0 Å². The number of para-hydroxylation sites is 1. The third-order valence-corrected chi connectivity index (χ3v) is 5.96. The van der Waals surface area contributed by atoms with Crippen LogP contribution in [0.4, 0.5) is 5.82 Å². The van der Waals surface area contributed by atoms with Gasteiger partial charge in [-0.3, -0.25) is 0 Å². The Morgan fingerprint density at radius 2 is 1.89 bits per heavy atom. The summed E-state index contributed by atoms with van der Waals surface area (Å²) in [6.45, 7) is 1.91. The van der Waals surface area contributed by atoms with Gasteiger partial charge in [0.1, 0.15) is 16.5 Å². The summed E-state index contributed by atoms with van der Waals surface area (Å²) in [5.41, 5.74) is 0.574. The van der Waals surface area contributed by atoms with Gasteiger partial charge < -0.3 is 9.64 Å². The molecule has 1 aromatic carbocycles. The van der Waals surface area contributed by atoms with Crippen LogP contribution in [0.5, 0.6) is 5.75 Å². The Labute approximate surface area is 157 Å². The molecule has 142 valence electrons. The Morgan fingerprint density at radius 1 is 1.11 bits per heavy atom. The minimum atomic E-state index is -3.77. The van der Waals surface area contributed by atoms with Crippen molar-refractivity contribution in [3.8, 4) is 5.75 Å². The second-order valence-corrected chi connectivity index (χ2v) is 7.98. The molecule has 0 spiro atoms. The van der Waals surface area contributed by atoms with Crippen LogP contribution in [0.1, 0.15) is 18.7 Å². The van der Waals surface area contributed by atoms with Crippen molar-refractivity contribution in [3.63, 3.8) is 0 Å². The highest BCUT2D eigenvalue weighted by Crippen LogP contribution is 2.23. The Balaban J connectivity index is 1.59. The fourth-order valence-electron chi connectivity index (χ4n) is 3.13. The first-order chi connectivity index (χ1) is 13.1. The molecule has 0 atom stereocenters. The molecule has 0 bridgehead atoms. The van der Waals surface area contributed by atoms with E-state index in [0.29, 0.717) is 11.5 Å². The first-order valence-corrected chi connectivity index (χ1v) is 10.2. The van der Waals surface area contributed by atoms with Crippen LogP contribution in [0, 0.1) is 0 Å². The second kappa shape index (κ2) is 7.12. The minimum Gasteiger partial charge on any atom is -0.495 e. The van der Waals surface area contributed by atoms with Gasteiger partial charge in [0.2, 0.25) is 10.0 Å². The molecule has 0 aliphatic carbocycles. The van der Waals surface area contributed by atoms with Gasteiger partial charge in [-0.15, -0.1) is 15.3 Å². The van der Waals surface area contributed by atoms with E-state index in [2.05, 4.69) is 24.9 Å². The average Bonchev–Trinajstić information content (AvgIpc) is 3.36. The number of methoxy groups -OCH3 is 1. The van der Waals surface area contributed by atoms with Crippen molar-refractivity contribution in [1.29, 1.82) is 0 Å². The highest BCUT2D eigenvalue weighted by atomic mass is 32.2. The lowest BCUT2D eigenvalue weighted by Crippen LogP contribution is -2.25. The molecule has 1 saturated heterocycles. The van der Waals surface area contributed by atoms with Gasteiger partial charge in [0.25, 0.3) is 0 Å². The minimum absolute atomic E-state index is 0.0298. The Kier molecular flexibility index (Phi) is 4.66. The van der Waals surface area contributed by atoms with Crippen LogP contribution in [0.15, 0.2) is 41.3 Å². The van der Waals surface area contributed by atoms with Crippen molar-refractivity contribution in [3.05, 3.63) is 42.2 Å². The van der Waals surface area contributed by atoms with Gasteiger partial charge in [-0.25, -0.2) is 13.1 Å². The Bertz CT molecular complexity index is 1060. The molecule has 0 saturated carbocycles. The molecule has 1 fully saturated rings. The smallest absolute Gasteiger partial charge is 0.244 e. The molecular weight excluding hydrogens is 368 g/mol. The molecule has 4 rings (SSSR count). The molecular formula is C17H20N6O3S. The molecule has 3 aromatic rings. The zero-order valence-electron chi connectivity index (χ0n) is 14.9. The van der Waals surface area contributed by atoms with Crippen LogP contribution in [-0.4, -0.2) is 48.4 Å². The molecule has 1 N–H and O–H groups in total. The number of sulfonamides is 1. The van der Waals surface area contributed by atoms with Gasteiger partial charge in [-0.1, -0.05) is 12.1 Å². The molecule has 10 heteroatoms. The molecule has 0 radical (unpaired) electrons. The lowest BCUT2D eigenvalue weighted by atomic mass is 10.3. The molecule has 1 aliphatic rings. The molecule has 0 unspecified atom stereocenters. The highest BCUT2D eigenvalue weighted by molar-refractivity contribution is 7.89. The highest BCUT2D eigenvalue weighted by Gasteiger charge is 2.21. The van der Waals surface area contributed by atoms with Crippen LogP contribution in [-0.2, 0) is 16.6 Å². The SMILES string of the molecule is COc1ccccc1S(=O)(=O)NCc1nnc2ccc(N3CCCC3)nn12. The van der Waals surface area contributed by atoms with Gasteiger partial charge in [0.05, 0.1) is 13.7 Å². The lowest BCUT2D eigenvalue weighted by molar-refractivity contribution is 0.402. The maximum Gasteiger partial charge on any atom is 0.244 e. The number of rotatable bonds is 6. The number of aromatic nitrogens is 4. The van der Waals surface area contributed by atoms with Gasteiger partial charge in [-0.05, 0) is 37.1 Å². The number of fused-ring (bicyclic) bond motifs is 1. The Hall–Kier alpha value is -2.72. The predicted octanol–water partition coefficient (Wildman–Crippen LogP) is 1.21. The quantitative estimate of drug-likeness (QED) is 0.677. The monoisotopic (exact) mass is 388 g/mol. The second-order valence-electron chi connectivity index (χ2n) is 6.25. The summed E-state index contributed by atoms with van der Waals surface area (Å²) >= 11 is 0. The summed E-state index contributed by atoms with van der Waals surface area (Å²) in [5.74, 6) is 1.55. The summed E-state index contributed by atoms with van der Waals surface area (Å²) in [6, 6.07) is 10.2. The van der Waals surface area contributed by atoms with Crippen LogP contribution in [0.3, 0.4) is 0 Å². The number of nitrogens with zero attached hydrogens (tertiary/aromatic N) is 5. The van der Waals surface area contributed by atoms with Gasteiger partial charge in [-0.2, -0.15) is 4.52 Å². The number of ether oxygens (including phenoxy) is 1. The summed E-state index contributed by atoms with van der Waals surface area (Å²) in [5, 5.41) is 12.7. The van der Waals surface area contributed by atoms with E-state index >= 15 is 0 Å². The van der Waals surface area contributed by atoms with Crippen molar-refractivity contribution < 1.29 is 13.2 Å². The topological polar surface area (TPSA) is 102 Å². The third-order valence-electron chi connectivity index (χ3n) is 4.52. The zero-order chi connectivity index (χ0) is 18.9. The molecule has 9 nitrogen and oxygen atoms in total. The molecule has 27 heavy (non-hydrogen) atoms. The number of anilines is 1. The van der Waals surface area contributed by atoms with Gasteiger partial charge in [0, 0.05) is 13.1 Å². The summed E-state index contributed by atoms with van der Waals surface area (Å²) in [7, 11) is -2.33. The van der Waals surface area contributed by atoms with E-state index in [1.807, 2.05) is 12.1 Å². The Morgan fingerprint density at radius 3 is 2.67 bits per heavy atom. The van der Waals surface area contributed by atoms with Crippen LogP contribution < -0.4 is 14.4 Å². The zero-order valence-corrected chi connectivity index (χ0v) is 15.7. The van der Waals surface area contributed by atoms with Gasteiger partial charge in [0.15, 0.2) is 11.5 Å². The standard InChI is InChI=1S/C17H20N6O3S/c1-26-13-6-2-3-7-14(13)27(24,25)18-12-17-20-19-15-8-9-16(21-23(15)17)22-10-4-5-11-22/h2-3,6-9,18H,4-5,10-12H2,1H3. The average molecular weight is 388 g/mol. The van der Waals surface area contributed by atoms with E-state index in [4.69, 9.17) is 4.74 Å². The number of hydrogen-bond donors (Lipinski definition) is 1.